The summed E-state index contributed by atoms with van der Waals surface area (Å²) in [7, 11) is -1.70. The molecule has 0 unspecified atom stereocenters. The van der Waals surface area contributed by atoms with E-state index < -0.39 is 21.2 Å². The second kappa shape index (κ2) is 11.0. The fourth-order valence-corrected chi connectivity index (χ4v) is 3.05. The lowest BCUT2D eigenvalue weighted by atomic mass is 10.1. The van der Waals surface area contributed by atoms with Crippen molar-refractivity contribution in [2.24, 2.45) is 4.99 Å². The standard InChI is InChI=1S/C17H27F2N3O3S.HI/c1-12-6-7-14(25-15(18)19)13(10-12)11-22-16(20-5)21-8-9-26(23,24)17(2,3)4;/h6-7,10,15H,8-9,11H2,1-5H3,(H2,20,21,22);1H. The van der Waals surface area contributed by atoms with Crippen LogP contribution in [0.5, 0.6) is 5.75 Å². The van der Waals surface area contributed by atoms with Crippen molar-refractivity contribution in [1.82, 2.24) is 10.6 Å². The van der Waals surface area contributed by atoms with Crippen molar-refractivity contribution in [2.75, 3.05) is 19.3 Å². The SMILES string of the molecule is CN=C(NCCS(=O)(=O)C(C)(C)C)NCc1cc(C)ccc1OC(F)F.I. The number of hydrogen-bond donors (Lipinski definition) is 2. The van der Waals surface area contributed by atoms with Gasteiger partial charge in [0.15, 0.2) is 15.8 Å². The highest BCUT2D eigenvalue weighted by Gasteiger charge is 2.28. The predicted molar refractivity (Wildman–Crippen MR) is 115 cm³/mol. The van der Waals surface area contributed by atoms with Gasteiger partial charge in [0.2, 0.25) is 0 Å². The van der Waals surface area contributed by atoms with Gasteiger partial charge < -0.3 is 15.4 Å². The maximum absolute atomic E-state index is 12.5. The van der Waals surface area contributed by atoms with E-state index in [4.69, 9.17) is 0 Å². The van der Waals surface area contributed by atoms with Gasteiger partial charge in [-0.15, -0.1) is 24.0 Å². The summed E-state index contributed by atoms with van der Waals surface area (Å²) in [6.07, 6.45) is 0. The van der Waals surface area contributed by atoms with Gasteiger partial charge in [0.25, 0.3) is 0 Å². The van der Waals surface area contributed by atoms with E-state index in [-0.39, 0.29) is 48.6 Å². The Morgan fingerprint density at radius 1 is 1.26 bits per heavy atom. The molecule has 0 fully saturated rings. The summed E-state index contributed by atoms with van der Waals surface area (Å²) in [4.78, 5) is 4.01. The van der Waals surface area contributed by atoms with Gasteiger partial charge in [0.1, 0.15) is 5.75 Å². The van der Waals surface area contributed by atoms with Crippen LogP contribution in [0.4, 0.5) is 8.78 Å². The van der Waals surface area contributed by atoms with Gasteiger partial charge in [-0.3, -0.25) is 4.99 Å². The quantitative estimate of drug-likeness (QED) is 0.329. The van der Waals surface area contributed by atoms with E-state index in [0.717, 1.165) is 5.56 Å². The molecule has 1 aromatic carbocycles. The molecule has 2 N–H and O–H groups in total. The molecule has 27 heavy (non-hydrogen) atoms. The second-order valence-electron chi connectivity index (χ2n) is 6.77. The number of hydrogen-bond acceptors (Lipinski definition) is 4. The van der Waals surface area contributed by atoms with E-state index in [1.807, 2.05) is 6.92 Å². The zero-order chi connectivity index (χ0) is 20.0. The fraction of sp³-hybridized carbons (Fsp3) is 0.588. The van der Waals surface area contributed by atoms with E-state index in [2.05, 4.69) is 20.4 Å². The molecule has 0 radical (unpaired) electrons. The molecule has 1 rings (SSSR count). The summed E-state index contributed by atoms with van der Waals surface area (Å²) in [6.45, 7) is 4.28. The van der Waals surface area contributed by atoms with Gasteiger partial charge in [0, 0.05) is 25.7 Å². The number of ether oxygens (including phenoxy) is 1. The van der Waals surface area contributed by atoms with Gasteiger partial charge in [-0.1, -0.05) is 17.7 Å². The third kappa shape index (κ3) is 8.58. The Morgan fingerprint density at radius 3 is 2.41 bits per heavy atom. The maximum atomic E-state index is 12.5. The van der Waals surface area contributed by atoms with Crippen LogP contribution in [0, 0.1) is 6.92 Å². The molecule has 0 aromatic heterocycles. The first-order valence-electron chi connectivity index (χ1n) is 8.17. The number of aryl methyl sites for hydroxylation is 1. The van der Waals surface area contributed by atoms with Gasteiger partial charge in [0.05, 0.1) is 10.5 Å². The highest BCUT2D eigenvalue weighted by atomic mass is 127. The first-order chi connectivity index (χ1) is 12.0. The first kappa shape index (κ1) is 25.8. The van der Waals surface area contributed by atoms with Crippen LogP contribution in [0.1, 0.15) is 31.9 Å². The largest absolute Gasteiger partial charge is 0.434 e. The Morgan fingerprint density at radius 2 is 1.89 bits per heavy atom. The molecular weight excluding hydrogens is 491 g/mol. The van der Waals surface area contributed by atoms with Crippen LogP contribution in [0.25, 0.3) is 0 Å². The number of sulfone groups is 1. The second-order valence-corrected chi connectivity index (χ2v) is 9.64. The minimum Gasteiger partial charge on any atom is -0.434 e. The molecule has 156 valence electrons. The number of alkyl halides is 2. The molecule has 0 aliphatic carbocycles. The Labute approximate surface area is 177 Å². The van der Waals surface area contributed by atoms with Crippen LogP contribution < -0.4 is 15.4 Å². The zero-order valence-corrected chi connectivity index (χ0v) is 19.3. The molecule has 0 heterocycles. The minimum atomic E-state index is -3.24. The molecule has 10 heteroatoms. The molecule has 0 spiro atoms. The van der Waals surface area contributed by atoms with Crippen molar-refractivity contribution >= 4 is 39.8 Å². The molecule has 0 aliphatic rings. The Bertz CT molecular complexity index is 735. The van der Waals surface area contributed by atoms with Crippen LogP contribution in [0.3, 0.4) is 0 Å². The van der Waals surface area contributed by atoms with E-state index >= 15 is 0 Å². The normalized spacial score (nSPS) is 12.5. The van der Waals surface area contributed by atoms with Crippen LogP contribution in [0.2, 0.25) is 0 Å². The number of benzene rings is 1. The van der Waals surface area contributed by atoms with Crippen LogP contribution in [0.15, 0.2) is 23.2 Å². The van der Waals surface area contributed by atoms with Crippen molar-refractivity contribution in [3.8, 4) is 5.75 Å². The average Bonchev–Trinajstić information content (AvgIpc) is 2.51. The third-order valence-corrected chi connectivity index (χ3v) is 6.31. The summed E-state index contributed by atoms with van der Waals surface area (Å²) in [5, 5.41) is 5.88. The molecule has 0 amide bonds. The molecule has 0 aliphatic heterocycles. The van der Waals surface area contributed by atoms with Gasteiger partial charge in [-0.25, -0.2) is 8.42 Å². The van der Waals surface area contributed by atoms with Crippen LogP contribution in [-0.2, 0) is 16.4 Å². The number of guanidine groups is 1. The molecule has 6 nitrogen and oxygen atoms in total. The average molecular weight is 519 g/mol. The molecule has 0 atom stereocenters. The first-order valence-corrected chi connectivity index (χ1v) is 9.82. The lowest BCUT2D eigenvalue weighted by Gasteiger charge is -2.20. The topological polar surface area (TPSA) is 79.8 Å². The summed E-state index contributed by atoms with van der Waals surface area (Å²) >= 11 is 0. The highest BCUT2D eigenvalue weighted by molar-refractivity contribution is 14.0. The predicted octanol–water partition coefficient (Wildman–Crippen LogP) is 3.09. The molecule has 0 saturated heterocycles. The lowest BCUT2D eigenvalue weighted by Crippen LogP contribution is -2.41. The van der Waals surface area contributed by atoms with Crippen molar-refractivity contribution in [1.29, 1.82) is 0 Å². The Hall–Kier alpha value is -1.17. The van der Waals surface area contributed by atoms with Crippen molar-refractivity contribution in [3.63, 3.8) is 0 Å². The Balaban J connectivity index is 0.00000676. The van der Waals surface area contributed by atoms with Crippen molar-refractivity contribution < 1.29 is 21.9 Å². The lowest BCUT2D eigenvalue weighted by molar-refractivity contribution is -0.0504. The number of nitrogens with one attached hydrogen (secondary N) is 2. The van der Waals surface area contributed by atoms with Crippen molar-refractivity contribution in [3.05, 3.63) is 29.3 Å². The van der Waals surface area contributed by atoms with E-state index in [1.165, 1.54) is 6.07 Å². The van der Waals surface area contributed by atoms with E-state index in [9.17, 15) is 17.2 Å². The Kier molecular flexibility index (Phi) is 10.5. The molecule has 0 saturated carbocycles. The smallest absolute Gasteiger partial charge is 0.387 e. The number of rotatable bonds is 7. The maximum Gasteiger partial charge on any atom is 0.387 e. The molecule has 0 bridgehead atoms. The number of halogens is 3. The number of aliphatic imine (C=N–C) groups is 1. The monoisotopic (exact) mass is 519 g/mol. The fourth-order valence-electron chi connectivity index (χ4n) is 2.07. The van der Waals surface area contributed by atoms with E-state index in [0.29, 0.717) is 11.5 Å². The summed E-state index contributed by atoms with van der Waals surface area (Å²) in [5.74, 6) is 0.420. The third-order valence-electron chi connectivity index (χ3n) is 3.70. The molecule has 1 aromatic rings. The van der Waals surface area contributed by atoms with Crippen LogP contribution in [-0.4, -0.2) is 45.1 Å². The van der Waals surface area contributed by atoms with Gasteiger partial charge in [-0.05, 0) is 33.8 Å². The highest BCUT2D eigenvalue weighted by Crippen LogP contribution is 2.22. The van der Waals surface area contributed by atoms with Crippen molar-refractivity contribution in [2.45, 2.75) is 45.6 Å². The van der Waals surface area contributed by atoms with Crippen LogP contribution >= 0.6 is 24.0 Å². The summed E-state index contributed by atoms with van der Waals surface area (Å²) in [5.41, 5.74) is 1.46. The van der Waals surface area contributed by atoms with E-state index in [1.54, 1.807) is 40.0 Å². The summed E-state index contributed by atoms with van der Waals surface area (Å²) in [6, 6.07) is 4.91. The minimum absolute atomic E-state index is 0. The zero-order valence-electron chi connectivity index (χ0n) is 16.2. The number of nitrogens with zero attached hydrogens (tertiary/aromatic N) is 1. The summed E-state index contributed by atoms with van der Waals surface area (Å²) < 4.78 is 52.9. The molecular formula is C17H28F2IN3O3S. The van der Waals surface area contributed by atoms with Gasteiger partial charge >= 0.3 is 6.61 Å². The van der Waals surface area contributed by atoms with Gasteiger partial charge in [-0.2, -0.15) is 8.78 Å².